The van der Waals surface area contributed by atoms with Crippen LogP contribution in [0.2, 0.25) is 0 Å². The molecule has 0 radical (unpaired) electrons. The number of hydrogen-bond donors (Lipinski definition) is 0. The van der Waals surface area contributed by atoms with Crippen LogP contribution in [0.25, 0.3) is 0 Å². The van der Waals surface area contributed by atoms with Crippen LogP contribution in [0.1, 0.15) is 78.4 Å². The maximum atomic E-state index is 13.9. The molecule has 3 aromatic rings. The Morgan fingerprint density at radius 1 is 0.660 bits per heavy atom. The summed E-state index contributed by atoms with van der Waals surface area (Å²) < 4.78 is 11.8. The first-order valence-corrected chi connectivity index (χ1v) is 18.6. The minimum atomic E-state index is -0.625. The Morgan fingerprint density at radius 3 is 1.84 bits per heavy atom. The van der Waals surface area contributed by atoms with E-state index in [0.717, 1.165) is 69.5 Å². The average molecular weight is 679 g/mol. The number of hydrazine groups is 1. The molecule has 1 unspecified atom stereocenters. The molecule has 3 aromatic carbocycles. The summed E-state index contributed by atoms with van der Waals surface area (Å²) in [6.45, 7) is 6.44. The molecule has 1 atom stereocenters. The van der Waals surface area contributed by atoms with Crippen LogP contribution in [0.15, 0.2) is 78.9 Å². The van der Waals surface area contributed by atoms with Gasteiger partial charge in [0, 0.05) is 63.6 Å². The van der Waals surface area contributed by atoms with Gasteiger partial charge in [-0.3, -0.25) is 14.4 Å². The Balaban J connectivity index is 0.874. The zero-order chi connectivity index (χ0) is 34.3. The molecule has 9 heteroatoms. The number of benzene rings is 3. The quantitative estimate of drug-likeness (QED) is 0.157. The fourth-order valence-electron chi connectivity index (χ4n) is 8.03. The van der Waals surface area contributed by atoms with Crippen molar-refractivity contribution in [2.75, 3.05) is 44.3 Å². The molecule has 4 heterocycles. The van der Waals surface area contributed by atoms with Gasteiger partial charge in [0.25, 0.3) is 11.8 Å². The minimum Gasteiger partial charge on any atom is -0.377 e. The fourth-order valence-corrected chi connectivity index (χ4v) is 8.03. The molecule has 50 heavy (non-hydrogen) atoms. The van der Waals surface area contributed by atoms with Crippen molar-refractivity contribution >= 4 is 23.4 Å². The largest absolute Gasteiger partial charge is 0.377 e. The summed E-state index contributed by atoms with van der Waals surface area (Å²) in [5.74, 6) is 0.626. The van der Waals surface area contributed by atoms with Crippen molar-refractivity contribution in [2.45, 2.75) is 77.2 Å². The Bertz CT molecular complexity index is 1600. The molecule has 264 valence electrons. The van der Waals surface area contributed by atoms with Gasteiger partial charge in [-0.15, -0.1) is 0 Å². The van der Waals surface area contributed by atoms with Crippen molar-refractivity contribution in [3.05, 3.63) is 101 Å². The number of anilines is 1. The smallest absolute Gasteiger partial charge is 0.266 e. The molecule has 7 rings (SSSR count). The van der Waals surface area contributed by atoms with Gasteiger partial charge in [0.1, 0.15) is 6.04 Å². The maximum Gasteiger partial charge on any atom is 0.266 e. The number of rotatable bonds is 13. The lowest BCUT2D eigenvalue weighted by Gasteiger charge is -2.43. The van der Waals surface area contributed by atoms with Gasteiger partial charge >= 0.3 is 0 Å². The van der Waals surface area contributed by atoms with Gasteiger partial charge in [-0.25, -0.2) is 10.0 Å². The van der Waals surface area contributed by atoms with Crippen molar-refractivity contribution in [1.82, 2.24) is 14.9 Å². The number of nitrogens with zero attached hydrogens (tertiary/aromatic N) is 4. The van der Waals surface area contributed by atoms with Crippen LogP contribution in [0.4, 0.5) is 5.69 Å². The SMILES string of the molecule is O=C1c2ccc(N3CCC(CCOCc4ccccc4)CC3)cc2CN1C1CCC(=O)N(N2CCC(CCOCc3ccccc3)CC2)C1=O. The number of imide groups is 1. The first-order chi connectivity index (χ1) is 24.5. The predicted molar refractivity (Wildman–Crippen MR) is 192 cm³/mol. The predicted octanol–water partition coefficient (Wildman–Crippen LogP) is 6.22. The van der Waals surface area contributed by atoms with Gasteiger partial charge in [-0.2, -0.15) is 0 Å². The Kier molecular flexibility index (Phi) is 11.2. The molecule has 3 saturated heterocycles. The molecule has 3 fully saturated rings. The van der Waals surface area contributed by atoms with E-state index >= 15 is 0 Å². The molecule has 0 bridgehead atoms. The Labute approximate surface area is 296 Å². The van der Waals surface area contributed by atoms with Gasteiger partial charge < -0.3 is 19.3 Å². The molecular weight excluding hydrogens is 628 g/mol. The highest BCUT2D eigenvalue weighted by Gasteiger charge is 2.45. The van der Waals surface area contributed by atoms with Crippen LogP contribution >= 0.6 is 0 Å². The molecule has 4 aliphatic heterocycles. The molecule has 0 spiro atoms. The number of carbonyl (C=O) groups is 3. The van der Waals surface area contributed by atoms with E-state index in [1.807, 2.05) is 47.5 Å². The van der Waals surface area contributed by atoms with Crippen molar-refractivity contribution < 1.29 is 23.9 Å². The lowest BCUT2D eigenvalue weighted by molar-refractivity contribution is -0.175. The number of amides is 3. The van der Waals surface area contributed by atoms with E-state index in [1.54, 1.807) is 4.90 Å². The standard InChI is InChI=1S/C41H50N4O5/c46-39-14-13-38(41(48)45(39)43-23-17-32(18-24-43)20-26-50-30-34-9-5-2-6-10-34)44-28-35-27-36(11-12-37(35)40(44)47)42-21-15-31(16-22-42)19-25-49-29-33-7-3-1-4-8-33/h1-12,27,31-32,38H,13-26,28-30H2. The third-order valence-electron chi connectivity index (χ3n) is 11.1. The molecule has 4 aliphatic rings. The Hall–Kier alpha value is -4.05. The summed E-state index contributed by atoms with van der Waals surface area (Å²) in [6.07, 6.45) is 6.74. The molecule has 3 amide bonds. The lowest BCUT2D eigenvalue weighted by Crippen LogP contribution is -2.61. The van der Waals surface area contributed by atoms with Crippen molar-refractivity contribution in [1.29, 1.82) is 0 Å². The van der Waals surface area contributed by atoms with E-state index in [0.29, 0.717) is 63.3 Å². The Morgan fingerprint density at radius 2 is 1.24 bits per heavy atom. The van der Waals surface area contributed by atoms with E-state index < -0.39 is 6.04 Å². The van der Waals surface area contributed by atoms with Crippen LogP contribution in [0.3, 0.4) is 0 Å². The van der Waals surface area contributed by atoms with Crippen LogP contribution in [-0.2, 0) is 38.8 Å². The lowest BCUT2D eigenvalue weighted by atomic mass is 9.93. The molecule has 0 saturated carbocycles. The fraction of sp³-hybridized carbons (Fsp3) is 0.488. The zero-order valence-electron chi connectivity index (χ0n) is 29.1. The summed E-state index contributed by atoms with van der Waals surface area (Å²) >= 11 is 0. The first kappa shape index (κ1) is 34.4. The van der Waals surface area contributed by atoms with Gasteiger partial charge in [-0.05, 0) is 91.7 Å². The van der Waals surface area contributed by atoms with Crippen LogP contribution < -0.4 is 4.90 Å². The number of carbonyl (C=O) groups excluding carboxylic acids is 3. The molecular formula is C41H50N4O5. The number of hydrogen-bond acceptors (Lipinski definition) is 7. The summed E-state index contributed by atoms with van der Waals surface area (Å²) in [5, 5.41) is 3.29. The van der Waals surface area contributed by atoms with Crippen molar-refractivity contribution in [3.63, 3.8) is 0 Å². The highest BCUT2D eigenvalue weighted by molar-refractivity contribution is 6.05. The van der Waals surface area contributed by atoms with E-state index in [1.165, 1.54) is 16.1 Å². The second-order valence-electron chi connectivity index (χ2n) is 14.4. The highest BCUT2D eigenvalue weighted by atomic mass is 16.5. The second-order valence-corrected chi connectivity index (χ2v) is 14.4. The minimum absolute atomic E-state index is 0.109. The highest BCUT2D eigenvalue weighted by Crippen LogP contribution is 2.34. The van der Waals surface area contributed by atoms with E-state index in [4.69, 9.17) is 9.47 Å². The van der Waals surface area contributed by atoms with Crippen LogP contribution in [0, 0.1) is 11.8 Å². The number of ether oxygens (including phenoxy) is 2. The summed E-state index contributed by atoms with van der Waals surface area (Å²) in [7, 11) is 0. The van der Waals surface area contributed by atoms with Gasteiger partial charge in [-0.1, -0.05) is 60.7 Å². The van der Waals surface area contributed by atoms with E-state index in [9.17, 15) is 14.4 Å². The van der Waals surface area contributed by atoms with E-state index in [2.05, 4.69) is 41.3 Å². The summed E-state index contributed by atoms with van der Waals surface area (Å²) in [4.78, 5) is 44.7. The van der Waals surface area contributed by atoms with Gasteiger partial charge in [0.2, 0.25) is 5.91 Å². The van der Waals surface area contributed by atoms with Crippen molar-refractivity contribution in [2.24, 2.45) is 11.8 Å². The third-order valence-corrected chi connectivity index (χ3v) is 11.1. The molecule has 0 aromatic heterocycles. The summed E-state index contributed by atoms with van der Waals surface area (Å²) in [6, 6.07) is 26.0. The molecule has 9 nitrogen and oxygen atoms in total. The van der Waals surface area contributed by atoms with E-state index in [-0.39, 0.29) is 24.1 Å². The van der Waals surface area contributed by atoms with Crippen LogP contribution in [0.5, 0.6) is 0 Å². The van der Waals surface area contributed by atoms with Gasteiger partial charge in [0.05, 0.1) is 13.2 Å². The average Bonchev–Trinajstić information content (AvgIpc) is 3.48. The molecule has 0 aliphatic carbocycles. The monoisotopic (exact) mass is 678 g/mol. The zero-order valence-corrected chi connectivity index (χ0v) is 29.1. The first-order valence-electron chi connectivity index (χ1n) is 18.6. The maximum absolute atomic E-state index is 13.9. The van der Waals surface area contributed by atoms with Crippen LogP contribution in [-0.4, -0.2) is 78.1 Å². The number of fused-ring (bicyclic) bond motifs is 1. The third kappa shape index (κ3) is 8.12. The van der Waals surface area contributed by atoms with Gasteiger partial charge in [0.15, 0.2) is 0 Å². The normalized spacial score (nSPS) is 20.9. The number of piperidine rings is 3. The second kappa shape index (κ2) is 16.3. The molecule has 0 N–H and O–H groups in total. The summed E-state index contributed by atoms with van der Waals surface area (Å²) in [5.41, 5.74) is 5.16. The topological polar surface area (TPSA) is 82.6 Å². The van der Waals surface area contributed by atoms with Crippen molar-refractivity contribution in [3.8, 4) is 0 Å².